The monoisotopic (exact) mass is 227 g/mol. The van der Waals surface area contributed by atoms with E-state index in [2.05, 4.69) is 0 Å². The van der Waals surface area contributed by atoms with Gasteiger partial charge < -0.3 is 14.4 Å². The topological polar surface area (TPSA) is 46.6 Å². The zero-order valence-electron chi connectivity index (χ0n) is 10.5. The Balaban J connectivity index is 2.74. The van der Waals surface area contributed by atoms with Crippen molar-refractivity contribution in [3.63, 3.8) is 0 Å². The van der Waals surface area contributed by atoms with Gasteiger partial charge in [0.1, 0.15) is 6.29 Å². The van der Waals surface area contributed by atoms with Gasteiger partial charge in [-0.3, -0.25) is 4.79 Å². The first-order chi connectivity index (χ1) is 7.40. The zero-order valence-corrected chi connectivity index (χ0v) is 10.5. The van der Waals surface area contributed by atoms with Crippen LogP contribution in [0.5, 0.6) is 0 Å². The molecule has 0 aliphatic carbocycles. The maximum atomic E-state index is 12.1. The molecule has 1 aliphatic heterocycles. The molecule has 0 aromatic carbocycles. The van der Waals surface area contributed by atoms with Crippen molar-refractivity contribution in [2.45, 2.75) is 45.8 Å². The second-order valence-electron chi connectivity index (χ2n) is 5.33. The summed E-state index contributed by atoms with van der Waals surface area (Å²) >= 11 is 0. The Morgan fingerprint density at radius 2 is 2.06 bits per heavy atom. The Morgan fingerprint density at radius 1 is 1.44 bits per heavy atom. The smallest absolute Gasteiger partial charge is 0.228 e. The summed E-state index contributed by atoms with van der Waals surface area (Å²) in [4.78, 5) is 24.8. The van der Waals surface area contributed by atoms with Crippen LogP contribution in [0.1, 0.15) is 33.6 Å². The van der Waals surface area contributed by atoms with E-state index >= 15 is 0 Å². The number of aldehydes is 1. The average Bonchev–Trinajstić information content (AvgIpc) is 2.26. The minimum atomic E-state index is -0.429. The van der Waals surface area contributed by atoms with Crippen molar-refractivity contribution in [1.29, 1.82) is 0 Å². The number of amides is 1. The first-order valence-corrected chi connectivity index (χ1v) is 5.69. The van der Waals surface area contributed by atoms with Crippen LogP contribution >= 0.6 is 0 Å². The lowest BCUT2D eigenvalue weighted by Gasteiger charge is -2.39. The third-order valence-corrected chi connectivity index (χ3v) is 2.99. The third-order valence-electron chi connectivity index (χ3n) is 2.99. The number of ether oxygens (including phenoxy) is 1. The minimum Gasteiger partial charge on any atom is -0.381 e. The van der Waals surface area contributed by atoms with E-state index in [1.165, 1.54) is 0 Å². The largest absolute Gasteiger partial charge is 0.381 e. The highest BCUT2D eigenvalue weighted by molar-refractivity contribution is 5.84. The van der Waals surface area contributed by atoms with Gasteiger partial charge in [-0.25, -0.2) is 0 Å². The first-order valence-electron chi connectivity index (χ1n) is 5.69. The number of nitrogens with zero attached hydrogens (tertiary/aromatic N) is 1. The van der Waals surface area contributed by atoms with E-state index in [9.17, 15) is 9.59 Å². The van der Waals surface area contributed by atoms with Crippen LogP contribution in [0.25, 0.3) is 0 Å². The molecule has 0 N–H and O–H groups in total. The molecule has 0 saturated carbocycles. The highest BCUT2D eigenvalue weighted by atomic mass is 16.5. The molecule has 16 heavy (non-hydrogen) atoms. The van der Waals surface area contributed by atoms with Crippen molar-refractivity contribution in [2.75, 3.05) is 13.7 Å². The fraction of sp³-hybridized carbons (Fsp3) is 0.833. The SMILES string of the molecule is CO[C@H]1CCN(C(=O)C(C)(C)C)[C@@H](C=O)C1. The van der Waals surface area contributed by atoms with Gasteiger partial charge in [-0.2, -0.15) is 0 Å². The molecule has 0 unspecified atom stereocenters. The van der Waals surface area contributed by atoms with Gasteiger partial charge in [0, 0.05) is 25.5 Å². The van der Waals surface area contributed by atoms with Crippen LogP contribution in [0.3, 0.4) is 0 Å². The number of hydrogen-bond acceptors (Lipinski definition) is 3. The van der Waals surface area contributed by atoms with Crippen molar-refractivity contribution < 1.29 is 14.3 Å². The van der Waals surface area contributed by atoms with Crippen molar-refractivity contribution in [3.8, 4) is 0 Å². The van der Waals surface area contributed by atoms with Gasteiger partial charge in [-0.05, 0) is 6.42 Å². The molecule has 0 spiro atoms. The van der Waals surface area contributed by atoms with Gasteiger partial charge in [0.05, 0.1) is 12.1 Å². The Labute approximate surface area is 96.9 Å². The Kier molecular flexibility index (Phi) is 4.08. The zero-order chi connectivity index (χ0) is 12.3. The van der Waals surface area contributed by atoms with Gasteiger partial charge in [0.25, 0.3) is 0 Å². The van der Waals surface area contributed by atoms with E-state index < -0.39 is 5.41 Å². The predicted octanol–water partition coefficient (Wildman–Crippen LogP) is 1.24. The van der Waals surface area contributed by atoms with E-state index in [0.717, 1.165) is 12.7 Å². The molecule has 4 heteroatoms. The predicted molar refractivity (Wildman–Crippen MR) is 61.1 cm³/mol. The molecule has 1 rings (SSSR count). The maximum absolute atomic E-state index is 12.1. The lowest BCUT2D eigenvalue weighted by molar-refractivity contribution is -0.147. The second-order valence-corrected chi connectivity index (χ2v) is 5.33. The number of piperidine rings is 1. The standard InChI is InChI=1S/C12H21NO3/c1-12(2,3)11(15)13-6-5-10(16-4)7-9(13)8-14/h8-10H,5-7H2,1-4H3/t9-,10+/m1/s1. The summed E-state index contributed by atoms with van der Waals surface area (Å²) < 4.78 is 5.24. The van der Waals surface area contributed by atoms with Gasteiger partial charge in [-0.15, -0.1) is 0 Å². The summed E-state index contributed by atoms with van der Waals surface area (Å²) in [6.07, 6.45) is 2.37. The summed E-state index contributed by atoms with van der Waals surface area (Å²) in [6, 6.07) is -0.328. The molecule has 0 aromatic heterocycles. The summed E-state index contributed by atoms with van der Waals surface area (Å²) in [7, 11) is 1.65. The molecule has 1 fully saturated rings. The number of rotatable bonds is 2. The van der Waals surface area contributed by atoms with Crippen LogP contribution < -0.4 is 0 Å². The van der Waals surface area contributed by atoms with Crippen LogP contribution in [0.2, 0.25) is 0 Å². The van der Waals surface area contributed by atoms with E-state index in [4.69, 9.17) is 4.74 Å². The number of carbonyl (C=O) groups is 2. The fourth-order valence-corrected chi connectivity index (χ4v) is 1.99. The fourth-order valence-electron chi connectivity index (χ4n) is 1.99. The second kappa shape index (κ2) is 4.95. The maximum Gasteiger partial charge on any atom is 0.228 e. The van der Waals surface area contributed by atoms with Crippen molar-refractivity contribution in [3.05, 3.63) is 0 Å². The van der Waals surface area contributed by atoms with Crippen molar-refractivity contribution in [2.24, 2.45) is 5.41 Å². The summed E-state index contributed by atoms with van der Waals surface area (Å²) in [5, 5.41) is 0. The van der Waals surface area contributed by atoms with Crippen LogP contribution in [0.15, 0.2) is 0 Å². The summed E-state index contributed by atoms with van der Waals surface area (Å²) in [6.45, 7) is 6.23. The number of carbonyl (C=O) groups excluding carboxylic acids is 2. The van der Waals surface area contributed by atoms with Crippen LogP contribution in [0.4, 0.5) is 0 Å². The Morgan fingerprint density at radius 3 is 2.50 bits per heavy atom. The lowest BCUT2D eigenvalue weighted by Crippen LogP contribution is -2.52. The van der Waals surface area contributed by atoms with E-state index in [1.807, 2.05) is 20.8 Å². The van der Waals surface area contributed by atoms with Gasteiger partial charge in [-0.1, -0.05) is 20.8 Å². The van der Waals surface area contributed by atoms with Gasteiger partial charge in [0.15, 0.2) is 0 Å². The first kappa shape index (κ1) is 13.2. The number of likely N-dealkylation sites (tertiary alicyclic amines) is 1. The molecule has 2 atom stereocenters. The molecule has 92 valence electrons. The lowest BCUT2D eigenvalue weighted by atomic mass is 9.91. The van der Waals surface area contributed by atoms with E-state index in [0.29, 0.717) is 13.0 Å². The molecule has 1 saturated heterocycles. The molecule has 0 bridgehead atoms. The molecular formula is C12H21NO3. The average molecular weight is 227 g/mol. The quantitative estimate of drug-likeness (QED) is 0.667. The molecule has 0 radical (unpaired) electrons. The highest BCUT2D eigenvalue weighted by Crippen LogP contribution is 2.25. The van der Waals surface area contributed by atoms with Crippen LogP contribution in [0, 0.1) is 5.41 Å². The normalized spacial score (nSPS) is 26.6. The summed E-state index contributed by atoms with van der Waals surface area (Å²) in [5.74, 6) is 0.0409. The van der Waals surface area contributed by atoms with Gasteiger partial charge >= 0.3 is 0 Å². The van der Waals surface area contributed by atoms with Gasteiger partial charge in [0.2, 0.25) is 5.91 Å². The number of methoxy groups -OCH3 is 1. The highest BCUT2D eigenvalue weighted by Gasteiger charge is 2.36. The molecule has 1 aliphatic rings. The van der Waals surface area contributed by atoms with Crippen LogP contribution in [-0.4, -0.2) is 42.9 Å². The van der Waals surface area contributed by atoms with Crippen molar-refractivity contribution in [1.82, 2.24) is 4.90 Å². The van der Waals surface area contributed by atoms with Crippen molar-refractivity contribution >= 4 is 12.2 Å². The molecule has 1 amide bonds. The van der Waals surface area contributed by atoms with E-state index in [-0.39, 0.29) is 18.1 Å². The molecule has 0 aromatic rings. The molecule has 1 heterocycles. The Hall–Kier alpha value is -0.900. The molecular weight excluding hydrogens is 206 g/mol. The number of hydrogen-bond donors (Lipinski definition) is 0. The minimum absolute atomic E-state index is 0.0409. The van der Waals surface area contributed by atoms with Crippen LogP contribution in [-0.2, 0) is 14.3 Å². The summed E-state index contributed by atoms with van der Waals surface area (Å²) in [5.41, 5.74) is -0.429. The van der Waals surface area contributed by atoms with E-state index in [1.54, 1.807) is 12.0 Å². The third kappa shape index (κ3) is 2.82. The molecule has 4 nitrogen and oxygen atoms in total. The Bertz CT molecular complexity index is 270.